The van der Waals surface area contributed by atoms with Crippen LogP contribution in [-0.4, -0.2) is 24.8 Å². The van der Waals surface area contributed by atoms with Crippen molar-refractivity contribution in [2.24, 2.45) is 5.73 Å². The molecule has 1 aromatic carbocycles. The Morgan fingerprint density at radius 2 is 2.07 bits per heavy atom. The molecule has 3 N–H and O–H groups in total. The summed E-state index contributed by atoms with van der Waals surface area (Å²) >= 11 is 0. The number of hydrogen-bond donors (Lipinski definition) is 2. The zero-order valence-electron chi connectivity index (χ0n) is 7.93. The van der Waals surface area contributed by atoms with E-state index >= 15 is 0 Å². The van der Waals surface area contributed by atoms with E-state index in [0.717, 1.165) is 0 Å². The minimum atomic E-state index is -1.46. The van der Waals surface area contributed by atoms with Crippen molar-refractivity contribution in [3.8, 4) is 0 Å². The standard InChI is InChI=1S/C10H13NO3/c1-14-9(13)10(11,7-12)8-5-3-2-4-6-8/h2-6,12H,7,11H2,1H3/t10-/m1/s1. The smallest absolute Gasteiger partial charge is 0.332 e. The van der Waals surface area contributed by atoms with Crippen LogP contribution in [0.1, 0.15) is 5.56 Å². The van der Waals surface area contributed by atoms with Gasteiger partial charge in [-0.05, 0) is 5.56 Å². The number of carbonyl (C=O) groups excluding carboxylic acids is 1. The number of benzene rings is 1. The van der Waals surface area contributed by atoms with E-state index in [-0.39, 0.29) is 0 Å². The van der Waals surface area contributed by atoms with Gasteiger partial charge in [-0.3, -0.25) is 0 Å². The highest BCUT2D eigenvalue weighted by Gasteiger charge is 2.36. The number of methoxy groups -OCH3 is 1. The Labute approximate surface area is 82.3 Å². The topological polar surface area (TPSA) is 72.5 Å². The van der Waals surface area contributed by atoms with Crippen molar-refractivity contribution in [1.29, 1.82) is 0 Å². The molecule has 0 bridgehead atoms. The largest absolute Gasteiger partial charge is 0.467 e. The molecule has 0 unspecified atom stereocenters. The maximum atomic E-state index is 11.4. The van der Waals surface area contributed by atoms with Gasteiger partial charge >= 0.3 is 5.97 Å². The van der Waals surface area contributed by atoms with Crippen molar-refractivity contribution in [2.45, 2.75) is 5.54 Å². The molecular weight excluding hydrogens is 182 g/mol. The summed E-state index contributed by atoms with van der Waals surface area (Å²) in [6.07, 6.45) is 0. The van der Waals surface area contributed by atoms with Gasteiger partial charge < -0.3 is 15.6 Å². The number of hydrogen-bond acceptors (Lipinski definition) is 4. The van der Waals surface area contributed by atoms with Gasteiger partial charge in [0.2, 0.25) is 0 Å². The van der Waals surface area contributed by atoms with Crippen LogP contribution in [0.25, 0.3) is 0 Å². The van der Waals surface area contributed by atoms with E-state index in [4.69, 9.17) is 10.8 Å². The van der Waals surface area contributed by atoms with Crippen LogP contribution in [0, 0.1) is 0 Å². The fraction of sp³-hybridized carbons (Fsp3) is 0.300. The van der Waals surface area contributed by atoms with E-state index in [1.807, 2.05) is 0 Å². The van der Waals surface area contributed by atoms with Gasteiger partial charge in [-0.1, -0.05) is 30.3 Å². The van der Waals surface area contributed by atoms with Gasteiger partial charge in [-0.15, -0.1) is 0 Å². The summed E-state index contributed by atoms with van der Waals surface area (Å²) in [7, 11) is 1.24. The Morgan fingerprint density at radius 3 is 2.50 bits per heavy atom. The molecule has 4 heteroatoms. The Hall–Kier alpha value is -1.39. The molecule has 0 fully saturated rings. The molecule has 0 amide bonds. The van der Waals surface area contributed by atoms with Crippen LogP contribution < -0.4 is 5.73 Å². The Morgan fingerprint density at radius 1 is 1.50 bits per heavy atom. The molecule has 0 spiro atoms. The summed E-state index contributed by atoms with van der Waals surface area (Å²) < 4.78 is 4.54. The van der Waals surface area contributed by atoms with Crippen molar-refractivity contribution in [3.05, 3.63) is 35.9 Å². The van der Waals surface area contributed by atoms with Crippen molar-refractivity contribution >= 4 is 5.97 Å². The Kier molecular flexibility index (Phi) is 3.22. The number of aliphatic hydroxyl groups excluding tert-OH is 1. The number of ether oxygens (including phenoxy) is 1. The molecule has 0 aliphatic heterocycles. The maximum absolute atomic E-state index is 11.4. The van der Waals surface area contributed by atoms with Gasteiger partial charge in [0.1, 0.15) is 0 Å². The van der Waals surface area contributed by atoms with E-state index in [2.05, 4.69) is 4.74 Å². The highest BCUT2D eigenvalue weighted by molar-refractivity contribution is 5.82. The van der Waals surface area contributed by atoms with Gasteiger partial charge in [0, 0.05) is 0 Å². The molecule has 14 heavy (non-hydrogen) atoms. The summed E-state index contributed by atoms with van der Waals surface area (Å²) in [6, 6.07) is 8.64. The molecule has 0 saturated carbocycles. The van der Waals surface area contributed by atoms with E-state index in [0.29, 0.717) is 5.56 Å². The first-order chi connectivity index (χ1) is 6.65. The van der Waals surface area contributed by atoms with Crippen LogP contribution in [0.3, 0.4) is 0 Å². The molecule has 1 atom stereocenters. The van der Waals surface area contributed by atoms with Gasteiger partial charge in [-0.2, -0.15) is 0 Å². The van der Waals surface area contributed by atoms with Crippen molar-refractivity contribution in [3.63, 3.8) is 0 Å². The fourth-order valence-corrected chi connectivity index (χ4v) is 1.19. The zero-order valence-corrected chi connectivity index (χ0v) is 7.93. The quantitative estimate of drug-likeness (QED) is 0.666. The second kappa shape index (κ2) is 4.21. The summed E-state index contributed by atoms with van der Waals surface area (Å²) in [4.78, 5) is 11.4. The van der Waals surface area contributed by atoms with E-state index in [1.165, 1.54) is 7.11 Å². The van der Waals surface area contributed by atoms with Crippen LogP contribution >= 0.6 is 0 Å². The van der Waals surface area contributed by atoms with E-state index in [1.54, 1.807) is 30.3 Å². The SMILES string of the molecule is COC(=O)[C@@](N)(CO)c1ccccc1. The monoisotopic (exact) mass is 195 g/mol. The minimum Gasteiger partial charge on any atom is -0.467 e. The third-order valence-corrected chi connectivity index (χ3v) is 2.09. The van der Waals surface area contributed by atoms with Gasteiger partial charge in [0.05, 0.1) is 13.7 Å². The first kappa shape index (κ1) is 10.7. The first-order valence-corrected chi connectivity index (χ1v) is 4.19. The highest BCUT2D eigenvalue weighted by atomic mass is 16.5. The van der Waals surface area contributed by atoms with Gasteiger partial charge in [0.15, 0.2) is 5.54 Å². The molecule has 0 heterocycles. The van der Waals surface area contributed by atoms with Gasteiger partial charge in [-0.25, -0.2) is 4.79 Å². The van der Waals surface area contributed by atoms with E-state index in [9.17, 15) is 4.79 Å². The van der Waals surface area contributed by atoms with Crippen LogP contribution in [0.15, 0.2) is 30.3 Å². The third kappa shape index (κ3) is 1.76. The first-order valence-electron chi connectivity index (χ1n) is 4.19. The van der Waals surface area contributed by atoms with Crippen molar-refractivity contribution in [1.82, 2.24) is 0 Å². The molecule has 0 aliphatic rings. The zero-order chi connectivity index (χ0) is 10.6. The lowest BCUT2D eigenvalue weighted by molar-refractivity contribution is -0.149. The van der Waals surface area contributed by atoms with E-state index < -0.39 is 18.1 Å². The fourth-order valence-electron chi connectivity index (χ4n) is 1.19. The van der Waals surface area contributed by atoms with Crippen LogP contribution in [0.5, 0.6) is 0 Å². The van der Waals surface area contributed by atoms with Crippen LogP contribution in [0.2, 0.25) is 0 Å². The summed E-state index contributed by atoms with van der Waals surface area (Å²) in [5, 5.41) is 9.11. The molecule has 0 aromatic heterocycles. The molecule has 4 nitrogen and oxygen atoms in total. The highest BCUT2D eigenvalue weighted by Crippen LogP contribution is 2.18. The van der Waals surface area contributed by atoms with Crippen molar-refractivity contribution < 1.29 is 14.6 Å². The normalized spacial score (nSPS) is 14.5. The maximum Gasteiger partial charge on any atom is 0.332 e. The minimum absolute atomic E-state index is 0.482. The average Bonchev–Trinajstić information content (AvgIpc) is 2.28. The number of carbonyl (C=O) groups is 1. The predicted molar refractivity (Wildman–Crippen MR) is 51.4 cm³/mol. The summed E-state index contributed by atoms with van der Waals surface area (Å²) in [5.74, 6) is -0.647. The second-order valence-electron chi connectivity index (χ2n) is 2.99. The number of esters is 1. The Balaban J connectivity index is 3.08. The molecule has 0 saturated heterocycles. The third-order valence-electron chi connectivity index (χ3n) is 2.09. The average molecular weight is 195 g/mol. The lowest BCUT2D eigenvalue weighted by atomic mass is 9.92. The molecule has 0 aliphatic carbocycles. The summed E-state index contributed by atoms with van der Waals surface area (Å²) in [5.41, 5.74) is 4.82. The van der Waals surface area contributed by atoms with Crippen molar-refractivity contribution in [2.75, 3.05) is 13.7 Å². The van der Waals surface area contributed by atoms with Gasteiger partial charge in [0.25, 0.3) is 0 Å². The van der Waals surface area contributed by atoms with Crippen LogP contribution in [0.4, 0.5) is 0 Å². The second-order valence-corrected chi connectivity index (χ2v) is 2.99. The molecule has 1 rings (SSSR count). The lowest BCUT2D eigenvalue weighted by Gasteiger charge is -2.24. The molecular formula is C10H13NO3. The van der Waals surface area contributed by atoms with Crippen LogP contribution in [-0.2, 0) is 15.1 Å². The number of nitrogens with two attached hydrogens (primary N) is 1. The number of rotatable bonds is 3. The molecule has 76 valence electrons. The molecule has 0 radical (unpaired) electrons. The lowest BCUT2D eigenvalue weighted by Crippen LogP contribution is -2.48. The predicted octanol–water partition coefficient (Wildman–Crippen LogP) is 0.00590. The Bertz CT molecular complexity index is 312. The number of aliphatic hydroxyl groups is 1. The summed E-state index contributed by atoms with van der Waals surface area (Å²) in [6.45, 7) is -0.482. The molecule has 1 aromatic rings.